The number of amides is 1. The first-order valence-electron chi connectivity index (χ1n) is 7.42. The van der Waals surface area contributed by atoms with Gasteiger partial charge in [-0.05, 0) is 23.8 Å². The molecule has 1 aromatic rings. The van der Waals surface area contributed by atoms with Crippen molar-refractivity contribution in [2.45, 2.75) is 19.1 Å². The van der Waals surface area contributed by atoms with Crippen molar-refractivity contribution in [2.24, 2.45) is 17.8 Å². The maximum atomic E-state index is 12.0. The van der Waals surface area contributed by atoms with E-state index in [2.05, 4.69) is 11.4 Å². The monoisotopic (exact) mass is 301 g/mol. The van der Waals surface area contributed by atoms with Gasteiger partial charge in [0.25, 0.3) is 0 Å². The van der Waals surface area contributed by atoms with E-state index in [0.29, 0.717) is 0 Å². The second-order valence-corrected chi connectivity index (χ2v) is 5.73. The molecule has 1 amide bonds. The third-order valence-electron chi connectivity index (χ3n) is 4.43. The van der Waals surface area contributed by atoms with Gasteiger partial charge >= 0.3 is 12.1 Å². The van der Waals surface area contributed by atoms with E-state index >= 15 is 0 Å². The minimum Gasteiger partial charge on any atom is -0.469 e. The van der Waals surface area contributed by atoms with Gasteiger partial charge in [-0.1, -0.05) is 42.5 Å². The third-order valence-corrected chi connectivity index (χ3v) is 4.43. The van der Waals surface area contributed by atoms with E-state index in [4.69, 9.17) is 9.47 Å². The summed E-state index contributed by atoms with van der Waals surface area (Å²) >= 11 is 0. The van der Waals surface area contributed by atoms with Crippen LogP contribution in [0.3, 0.4) is 0 Å². The maximum Gasteiger partial charge on any atom is 0.407 e. The lowest BCUT2D eigenvalue weighted by molar-refractivity contribution is -0.147. The summed E-state index contributed by atoms with van der Waals surface area (Å²) < 4.78 is 10.1. The summed E-state index contributed by atoms with van der Waals surface area (Å²) in [5.41, 5.74) is 0.926. The van der Waals surface area contributed by atoms with Crippen molar-refractivity contribution >= 4 is 12.1 Å². The second-order valence-electron chi connectivity index (χ2n) is 5.73. The Labute approximate surface area is 129 Å². The number of benzene rings is 1. The van der Waals surface area contributed by atoms with E-state index in [9.17, 15) is 9.59 Å². The highest BCUT2D eigenvalue weighted by molar-refractivity contribution is 5.77. The van der Waals surface area contributed by atoms with Crippen LogP contribution < -0.4 is 5.32 Å². The Morgan fingerprint density at radius 1 is 1.18 bits per heavy atom. The van der Waals surface area contributed by atoms with Crippen LogP contribution in [0.2, 0.25) is 0 Å². The van der Waals surface area contributed by atoms with Crippen LogP contribution in [0.25, 0.3) is 0 Å². The number of nitrogens with one attached hydrogen (secondary N) is 1. The van der Waals surface area contributed by atoms with Crippen LogP contribution in [-0.4, -0.2) is 25.2 Å². The predicted molar refractivity (Wildman–Crippen MR) is 79.8 cm³/mol. The fraction of sp³-hybridized carbons (Fsp3) is 0.412. The molecule has 116 valence electrons. The Hall–Kier alpha value is -2.30. The molecule has 0 aliphatic heterocycles. The topological polar surface area (TPSA) is 64.6 Å². The van der Waals surface area contributed by atoms with E-state index in [-0.39, 0.29) is 36.4 Å². The van der Waals surface area contributed by atoms with E-state index in [0.717, 1.165) is 12.0 Å². The SMILES string of the molecule is COC(=O)[C@H]1[C@@H](NC(=O)OCc2ccccc2)[C@@H]2C=C[C@H]1C2. The standard InChI is InChI=1S/C17H19NO4/c1-21-16(19)14-12-7-8-13(9-12)15(14)18-17(20)22-10-11-5-3-2-4-6-11/h2-8,12-15H,9-10H2,1H3,(H,18,20)/t12-,13+,14+,15-/m0/s1. The number of hydrogen-bond acceptors (Lipinski definition) is 4. The van der Waals surface area contributed by atoms with E-state index in [1.54, 1.807) is 0 Å². The molecule has 2 aliphatic carbocycles. The number of carbonyl (C=O) groups is 2. The number of rotatable bonds is 4. The van der Waals surface area contributed by atoms with Gasteiger partial charge in [0.2, 0.25) is 0 Å². The minimum absolute atomic E-state index is 0.150. The molecule has 0 unspecified atom stereocenters. The number of fused-ring (bicyclic) bond motifs is 2. The maximum absolute atomic E-state index is 12.0. The number of hydrogen-bond donors (Lipinski definition) is 1. The predicted octanol–water partition coefficient (Wildman–Crippen LogP) is 2.28. The van der Waals surface area contributed by atoms with Crippen LogP contribution in [0.5, 0.6) is 0 Å². The number of allylic oxidation sites excluding steroid dienone is 1. The van der Waals surface area contributed by atoms with Crippen molar-refractivity contribution in [1.29, 1.82) is 0 Å². The molecule has 0 aromatic heterocycles. The molecule has 22 heavy (non-hydrogen) atoms. The highest BCUT2D eigenvalue weighted by Gasteiger charge is 2.49. The van der Waals surface area contributed by atoms with Crippen molar-refractivity contribution in [3.8, 4) is 0 Å². The van der Waals surface area contributed by atoms with E-state index < -0.39 is 6.09 Å². The number of esters is 1. The van der Waals surface area contributed by atoms with Gasteiger partial charge in [0.05, 0.1) is 19.1 Å². The molecule has 0 saturated heterocycles. The van der Waals surface area contributed by atoms with Gasteiger partial charge in [-0.15, -0.1) is 0 Å². The van der Waals surface area contributed by atoms with Gasteiger partial charge in [0, 0.05) is 0 Å². The summed E-state index contributed by atoms with van der Waals surface area (Å²) in [7, 11) is 1.38. The summed E-state index contributed by atoms with van der Waals surface area (Å²) in [4.78, 5) is 23.9. The molecule has 1 fully saturated rings. The average Bonchev–Trinajstić information content (AvgIpc) is 3.14. The molecule has 4 atom stereocenters. The Balaban J connectivity index is 1.58. The van der Waals surface area contributed by atoms with Crippen molar-refractivity contribution in [3.63, 3.8) is 0 Å². The molecule has 2 bridgehead atoms. The molecule has 0 radical (unpaired) electrons. The lowest BCUT2D eigenvalue weighted by Gasteiger charge is -2.26. The molecule has 1 N–H and O–H groups in total. The van der Waals surface area contributed by atoms with Crippen LogP contribution >= 0.6 is 0 Å². The van der Waals surface area contributed by atoms with Crippen LogP contribution in [0.4, 0.5) is 4.79 Å². The van der Waals surface area contributed by atoms with Crippen molar-refractivity contribution < 1.29 is 19.1 Å². The van der Waals surface area contributed by atoms with Crippen LogP contribution in [0.1, 0.15) is 12.0 Å². The quantitative estimate of drug-likeness (QED) is 0.684. The van der Waals surface area contributed by atoms with Gasteiger partial charge < -0.3 is 14.8 Å². The average molecular weight is 301 g/mol. The fourth-order valence-corrected chi connectivity index (χ4v) is 3.38. The van der Waals surface area contributed by atoms with Gasteiger partial charge in [-0.2, -0.15) is 0 Å². The lowest BCUT2D eigenvalue weighted by Crippen LogP contribution is -2.46. The zero-order valence-electron chi connectivity index (χ0n) is 12.4. The van der Waals surface area contributed by atoms with Crippen LogP contribution in [-0.2, 0) is 20.9 Å². The summed E-state index contributed by atoms with van der Waals surface area (Å²) in [6.45, 7) is 0.215. The number of ether oxygens (including phenoxy) is 2. The highest BCUT2D eigenvalue weighted by atomic mass is 16.5. The first kappa shape index (κ1) is 14.6. The zero-order valence-corrected chi connectivity index (χ0v) is 12.4. The van der Waals surface area contributed by atoms with Crippen LogP contribution in [0, 0.1) is 17.8 Å². The first-order valence-corrected chi connectivity index (χ1v) is 7.42. The molecule has 5 heteroatoms. The Morgan fingerprint density at radius 2 is 1.91 bits per heavy atom. The molecular formula is C17H19NO4. The van der Waals surface area contributed by atoms with Gasteiger partial charge in [-0.3, -0.25) is 4.79 Å². The number of methoxy groups -OCH3 is 1. The Bertz CT molecular complexity index is 584. The zero-order chi connectivity index (χ0) is 15.5. The second kappa shape index (κ2) is 6.22. The highest BCUT2D eigenvalue weighted by Crippen LogP contribution is 2.44. The smallest absolute Gasteiger partial charge is 0.407 e. The molecule has 1 aromatic carbocycles. The van der Waals surface area contributed by atoms with E-state index in [1.165, 1.54) is 7.11 Å². The number of alkyl carbamates (subject to hydrolysis) is 1. The number of carbonyl (C=O) groups excluding carboxylic acids is 2. The lowest BCUT2D eigenvalue weighted by atomic mass is 9.89. The molecule has 3 rings (SSSR count). The van der Waals surface area contributed by atoms with Crippen molar-refractivity contribution in [2.75, 3.05) is 7.11 Å². The molecule has 5 nitrogen and oxygen atoms in total. The first-order chi connectivity index (χ1) is 10.7. The Kier molecular flexibility index (Phi) is 4.13. The summed E-state index contributed by atoms with van der Waals surface area (Å²) in [6, 6.07) is 9.24. The third kappa shape index (κ3) is 2.84. The molecule has 2 aliphatic rings. The van der Waals surface area contributed by atoms with Gasteiger partial charge in [0.1, 0.15) is 6.61 Å². The van der Waals surface area contributed by atoms with Gasteiger partial charge in [0.15, 0.2) is 0 Å². The largest absolute Gasteiger partial charge is 0.469 e. The molecule has 0 heterocycles. The summed E-state index contributed by atoms with van der Waals surface area (Å²) in [5.74, 6) is -0.260. The Morgan fingerprint density at radius 3 is 2.64 bits per heavy atom. The van der Waals surface area contributed by atoms with E-state index in [1.807, 2.05) is 36.4 Å². The van der Waals surface area contributed by atoms with Crippen LogP contribution in [0.15, 0.2) is 42.5 Å². The molecule has 0 spiro atoms. The normalized spacial score (nSPS) is 28.4. The van der Waals surface area contributed by atoms with Gasteiger partial charge in [-0.25, -0.2) is 4.79 Å². The summed E-state index contributed by atoms with van der Waals surface area (Å²) in [6.07, 6.45) is 4.48. The van der Waals surface area contributed by atoms with Crippen molar-refractivity contribution in [3.05, 3.63) is 48.0 Å². The minimum atomic E-state index is -0.497. The summed E-state index contributed by atoms with van der Waals surface area (Å²) in [5, 5.41) is 2.83. The molecule has 1 saturated carbocycles. The molecular weight excluding hydrogens is 282 g/mol. The fourth-order valence-electron chi connectivity index (χ4n) is 3.38. The van der Waals surface area contributed by atoms with Crippen molar-refractivity contribution in [1.82, 2.24) is 5.32 Å².